The predicted octanol–water partition coefficient (Wildman–Crippen LogP) is 0.891. The van der Waals surface area contributed by atoms with Crippen LogP contribution in [0.15, 0.2) is 33.8 Å². The van der Waals surface area contributed by atoms with Crippen molar-refractivity contribution in [3.8, 4) is 0 Å². The average Bonchev–Trinajstić information content (AvgIpc) is 3.14. The molecule has 2 atom stereocenters. The number of unbranched alkanes of at least 4 members (excludes halogenated alkanes) is 2. The Kier molecular flexibility index (Phi) is 9.48. The lowest BCUT2D eigenvalue weighted by molar-refractivity contribution is -0.485. The third-order valence-corrected chi connectivity index (χ3v) is 5.03. The Hall–Kier alpha value is -2.73. The van der Waals surface area contributed by atoms with E-state index in [1.807, 2.05) is 24.3 Å². The fraction of sp³-hybridized carbons (Fsp3) is 0.500. The lowest BCUT2D eigenvalue weighted by Gasteiger charge is -2.13. The van der Waals surface area contributed by atoms with Crippen molar-refractivity contribution in [3.05, 3.63) is 38.9 Å². The van der Waals surface area contributed by atoms with Gasteiger partial charge in [0.05, 0.1) is 6.04 Å². The molecule has 1 saturated heterocycles. The zero-order valence-electron chi connectivity index (χ0n) is 16.4. The number of hydrogen-bond donors (Lipinski definition) is 5. The van der Waals surface area contributed by atoms with Crippen LogP contribution in [0.1, 0.15) is 32.1 Å². The van der Waals surface area contributed by atoms with Crippen LogP contribution in [0.4, 0.5) is 5.69 Å². The highest BCUT2D eigenvalue weighted by Crippen LogP contribution is 2.16. The van der Waals surface area contributed by atoms with Gasteiger partial charge in [-0.2, -0.15) is 0 Å². The molecule has 1 aromatic rings. The molecule has 0 aromatic heterocycles. The average molecular weight is 484 g/mol. The Morgan fingerprint density at radius 2 is 2.00 bits per heavy atom. The molecule has 0 radical (unpaired) electrons. The molecule has 0 spiro atoms. The number of nitro groups is 1. The summed E-state index contributed by atoms with van der Waals surface area (Å²) in [6.07, 6.45) is 3.09. The van der Waals surface area contributed by atoms with Crippen molar-refractivity contribution in [2.24, 2.45) is 10.8 Å². The number of rotatable bonds is 10. The normalized spacial score (nSPS) is 18.6. The number of halogens is 1. The van der Waals surface area contributed by atoms with E-state index in [4.69, 9.17) is 5.73 Å². The number of nitrogens with one attached hydrogen (secondary N) is 4. The third kappa shape index (κ3) is 8.74. The highest BCUT2D eigenvalue weighted by Gasteiger charge is 2.30. The number of anilines is 1. The molecule has 1 fully saturated rings. The molecule has 0 unspecified atom stereocenters. The number of nitrogens with zero attached hydrogens (tertiary/aromatic N) is 2. The van der Waals surface area contributed by atoms with Gasteiger partial charge in [-0.05, 0) is 43.5 Å². The molecular weight excluding hydrogens is 458 g/mol. The Balaban J connectivity index is 1.58. The van der Waals surface area contributed by atoms with Crippen molar-refractivity contribution in [1.82, 2.24) is 16.0 Å². The lowest BCUT2D eigenvalue weighted by Crippen LogP contribution is -2.36. The summed E-state index contributed by atoms with van der Waals surface area (Å²) in [5.41, 5.74) is 6.03. The second kappa shape index (κ2) is 12.1. The highest BCUT2D eigenvalue weighted by atomic mass is 79.9. The summed E-state index contributed by atoms with van der Waals surface area (Å²) in [6.45, 7) is 0.996. The summed E-state index contributed by atoms with van der Waals surface area (Å²) in [7, 11) is 0. The van der Waals surface area contributed by atoms with Crippen molar-refractivity contribution in [2.75, 3.05) is 18.4 Å². The zero-order chi connectivity index (χ0) is 21.9. The van der Waals surface area contributed by atoms with Crippen LogP contribution in [0, 0.1) is 10.1 Å². The fourth-order valence-electron chi connectivity index (χ4n) is 3.03. The van der Waals surface area contributed by atoms with E-state index in [1.54, 1.807) is 0 Å². The molecule has 1 aromatic carbocycles. The number of benzene rings is 1. The number of nitrogens with two attached hydrogens (primary N) is 1. The Bertz CT molecular complexity index is 772. The first kappa shape index (κ1) is 23.5. The minimum Gasteiger partial charge on any atom is -0.365 e. The summed E-state index contributed by atoms with van der Waals surface area (Å²) < 4.78 is 0.936. The molecule has 11 nitrogen and oxygen atoms in total. The molecule has 1 aliphatic heterocycles. The van der Waals surface area contributed by atoms with Crippen molar-refractivity contribution in [2.45, 2.75) is 44.2 Å². The third-order valence-electron chi connectivity index (χ3n) is 4.50. The second-order valence-electron chi connectivity index (χ2n) is 6.92. The number of hydrogen-bond acceptors (Lipinski definition) is 5. The largest absolute Gasteiger partial charge is 0.365 e. The maximum absolute atomic E-state index is 12.4. The molecule has 0 aliphatic carbocycles. The first-order valence-electron chi connectivity index (χ1n) is 9.65. The SMILES string of the molecule is N/C(=N\[N+](=O)[O-])NCCCCCC(=O)N[C@@H]1CN[C@H](C(=O)Nc2ccc(Br)cc2)C1. The Morgan fingerprint density at radius 1 is 1.27 bits per heavy atom. The van der Waals surface area contributed by atoms with Gasteiger partial charge in [0.1, 0.15) is 5.10 Å². The van der Waals surface area contributed by atoms with Crippen LogP contribution in [-0.4, -0.2) is 48.0 Å². The number of carbonyl (C=O) groups is 2. The van der Waals surface area contributed by atoms with Crippen LogP contribution in [-0.2, 0) is 9.59 Å². The van der Waals surface area contributed by atoms with Crippen molar-refractivity contribution < 1.29 is 14.6 Å². The quantitative estimate of drug-likeness (QED) is 0.108. The molecule has 2 rings (SSSR count). The molecule has 1 heterocycles. The monoisotopic (exact) mass is 483 g/mol. The van der Waals surface area contributed by atoms with Gasteiger partial charge in [0, 0.05) is 35.7 Å². The van der Waals surface area contributed by atoms with E-state index < -0.39 is 5.03 Å². The first-order valence-corrected chi connectivity index (χ1v) is 10.4. The summed E-state index contributed by atoms with van der Waals surface area (Å²) >= 11 is 3.35. The molecule has 1 aliphatic rings. The van der Waals surface area contributed by atoms with Gasteiger partial charge >= 0.3 is 0 Å². The lowest BCUT2D eigenvalue weighted by atomic mass is 10.1. The minimum absolute atomic E-state index is 0.0573. The molecular formula is C18H26BrN7O4. The van der Waals surface area contributed by atoms with E-state index in [2.05, 4.69) is 42.3 Å². The van der Waals surface area contributed by atoms with Gasteiger partial charge in [0.15, 0.2) is 5.03 Å². The van der Waals surface area contributed by atoms with Gasteiger partial charge in [-0.15, -0.1) is 0 Å². The molecule has 164 valence electrons. The van der Waals surface area contributed by atoms with E-state index in [0.29, 0.717) is 38.8 Å². The predicted molar refractivity (Wildman–Crippen MR) is 116 cm³/mol. The number of amides is 2. The van der Waals surface area contributed by atoms with Gasteiger partial charge in [0.25, 0.3) is 5.96 Å². The Labute approximate surface area is 182 Å². The smallest absolute Gasteiger partial charge is 0.266 e. The van der Waals surface area contributed by atoms with E-state index in [1.165, 1.54) is 0 Å². The van der Waals surface area contributed by atoms with E-state index >= 15 is 0 Å². The van der Waals surface area contributed by atoms with Gasteiger partial charge in [-0.1, -0.05) is 22.4 Å². The standard InChI is InChI=1S/C18H26BrN7O4/c19-12-5-7-13(8-6-12)24-17(28)15-10-14(11-22-15)23-16(27)4-2-1-3-9-21-18(20)25-26(29)30/h5-8,14-15,22H,1-4,9-11H2,(H,23,27)(H,24,28)(H3,20,21,25)/t14-,15-/m0/s1. The van der Waals surface area contributed by atoms with Crippen LogP contribution in [0.5, 0.6) is 0 Å². The Morgan fingerprint density at radius 3 is 2.70 bits per heavy atom. The summed E-state index contributed by atoms with van der Waals surface area (Å²) in [6, 6.07) is 6.90. The van der Waals surface area contributed by atoms with Crippen molar-refractivity contribution in [3.63, 3.8) is 0 Å². The second-order valence-corrected chi connectivity index (χ2v) is 7.83. The fourth-order valence-corrected chi connectivity index (χ4v) is 3.30. The van der Waals surface area contributed by atoms with Crippen LogP contribution in [0.2, 0.25) is 0 Å². The van der Waals surface area contributed by atoms with Crippen molar-refractivity contribution >= 4 is 39.4 Å². The molecule has 12 heteroatoms. The molecule has 30 heavy (non-hydrogen) atoms. The molecule has 0 bridgehead atoms. The topological polar surface area (TPSA) is 164 Å². The number of carbonyl (C=O) groups excluding carboxylic acids is 2. The number of hydrazone groups is 1. The van der Waals surface area contributed by atoms with Crippen LogP contribution >= 0.6 is 15.9 Å². The van der Waals surface area contributed by atoms with E-state index in [9.17, 15) is 19.7 Å². The van der Waals surface area contributed by atoms with E-state index in [-0.39, 0.29) is 29.9 Å². The van der Waals surface area contributed by atoms with Gasteiger partial charge in [0.2, 0.25) is 11.8 Å². The van der Waals surface area contributed by atoms with Crippen LogP contribution in [0.3, 0.4) is 0 Å². The van der Waals surface area contributed by atoms with Gasteiger partial charge < -0.3 is 27.0 Å². The maximum atomic E-state index is 12.4. The molecule has 0 saturated carbocycles. The van der Waals surface area contributed by atoms with Gasteiger partial charge in [-0.3, -0.25) is 9.59 Å². The van der Waals surface area contributed by atoms with Gasteiger partial charge in [-0.25, -0.2) is 10.1 Å². The summed E-state index contributed by atoms with van der Waals surface area (Å²) in [4.78, 5) is 34.6. The zero-order valence-corrected chi connectivity index (χ0v) is 18.0. The summed E-state index contributed by atoms with van der Waals surface area (Å²) in [5.74, 6) is -0.412. The minimum atomic E-state index is -0.862. The molecule has 2 amide bonds. The molecule has 6 N–H and O–H groups in total. The van der Waals surface area contributed by atoms with E-state index in [0.717, 1.165) is 16.6 Å². The maximum Gasteiger partial charge on any atom is 0.266 e. The first-order chi connectivity index (χ1) is 14.3. The van der Waals surface area contributed by atoms with Crippen LogP contribution < -0.4 is 27.0 Å². The number of guanidine groups is 1. The summed E-state index contributed by atoms with van der Waals surface area (Å²) in [5, 5.41) is 23.8. The highest BCUT2D eigenvalue weighted by molar-refractivity contribution is 9.10. The van der Waals surface area contributed by atoms with Crippen LogP contribution in [0.25, 0.3) is 0 Å². The van der Waals surface area contributed by atoms with Crippen molar-refractivity contribution in [1.29, 1.82) is 0 Å².